The molecule has 0 aliphatic carbocycles. The van der Waals surface area contributed by atoms with Crippen LogP contribution in [0.4, 0.5) is 0 Å². The summed E-state index contributed by atoms with van der Waals surface area (Å²) < 4.78 is 0. The maximum absolute atomic E-state index is 3.51. The summed E-state index contributed by atoms with van der Waals surface area (Å²) >= 11 is 0. The minimum Gasteiger partial charge on any atom is -0.311 e. The predicted molar refractivity (Wildman–Crippen MR) is 75.3 cm³/mol. The average Bonchev–Trinajstić information content (AvgIpc) is 2.33. The van der Waals surface area contributed by atoms with Crippen LogP contribution in [0.2, 0.25) is 0 Å². The smallest absolute Gasteiger partial charge is 0.0206 e. The molecule has 96 valence electrons. The number of likely N-dealkylation sites (N-methyl/N-ethyl adjacent to an activating group) is 1. The van der Waals surface area contributed by atoms with Crippen LogP contribution in [-0.4, -0.2) is 31.1 Å². The largest absolute Gasteiger partial charge is 0.311 e. The number of hydrogen-bond donors (Lipinski definition) is 1. The number of benzene rings is 1. The van der Waals surface area contributed by atoms with E-state index in [0.717, 1.165) is 26.2 Å². The Morgan fingerprint density at radius 2 is 2.00 bits per heavy atom. The fourth-order valence-corrected chi connectivity index (χ4v) is 2.04. The van der Waals surface area contributed by atoms with Gasteiger partial charge in [-0.1, -0.05) is 43.7 Å². The molecule has 17 heavy (non-hydrogen) atoms. The van der Waals surface area contributed by atoms with E-state index in [9.17, 15) is 0 Å². The van der Waals surface area contributed by atoms with Gasteiger partial charge in [0, 0.05) is 19.6 Å². The van der Waals surface area contributed by atoms with Gasteiger partial charge < -0.3 is 10.2 Å². The standard InChI is InChI=1S/C15H26N2/c1-4-10-17(5-2)11-9-16-13-15-8-6-7-14(3)12-15/h6-8,12,16H,4-5,9-11,13H2,1-3H3. The number of hydrogen-bond acceptors (Lipinski definition) is 2. The van der Waals surface area contributed by atoms with E-state index >= 15 is 0 Å². The van der Waals surface area contributed by atoms with Crippen molar-refractivity contribution in [2.45, 2.75) is 33.7 Å². The molecule has 0 spiro atoms. The number of nitrogens with one attached hydrogen (secondary N) is 1. The number of nitrogens with zero attached hydrogens (tertiary/aromatic N) is 1. The lowest BCUT2D eigenvalue weighted by Gasteiger charge is -2.19. The highest BCUT2D eigenvalue weighted by Gasteiger charge is 1.99. The first-order valence-electron chi connectivity index (χ1n) is 6.74. The third-order valence-electron chi connectivity index (χ3n) is 3.00. The molecule has 0 saturated heterocycles. The monoisotopic (exact) mass is 234 g/mol. The van der Waals surface area contributed by atoms with E-state index in [4.69, 9.17) is 0 Å². The van der Waals surface area contributed by atoms with E-state index < -0.39 is 0 Å². The molecule has 0 aliphatic heterocycles. The summed E-state index contributed by atoms with van der Waals surface area (Å²) in [7, 11) is 0. The molecule has 1 N–H and O–H groups in total. The Labute approximate surface area is 106 Å². The van der Waals surface area contributed by atoms with Gasteiger partial charge in [0.1, 0.15) is 0 Å². The van der Waals surface area contributed by atoms with Gasteiger partial charge in [-0.2, -0.15) is 0 Å². The second-order valence-corrected chi connectivity index (χ2v) is 4.60. The average molecular weight is 234 g/mol. The van der Waals surface area contributed by atoms with Crippen molar-refractivity contribution in [2.24, 2.45) is 0 Å². The number of rotatable bonds is 8. The summed E-state index contributed by atoms with van der Waals surface area (Å²) in [6.07, 6.45) is 1.24. The normalized spacial score (nSPS) is 11.1. The lowest BCUT2D eigenvalue weighted by molar-refractivity contribution is 0.287. The van der Waals surface area contributed by atoms with Gasteiger partial charge in [0.15, 0.2) is 0 Å². The maximum Gasteiger partial charge on any atom is 0.0206 e. The van der Waals surface area contributed by atoms with Crippen LogP contribution in [0.5, 0.6) is 0 Å². The molecule has 1 aromatic carbocycles. The molecule has 1 rings (SSSR count). The molecule has 0 aromatic heterocycles. The van der Waals surface area contributed by atoms with Crippen LogP contribution in [0.1, 0.15) is 31.4 Å². The fourth-order valence-electron chi connectivity index (χ4n) is 2.04. The van der Waals surface area contributed by atoms with Crippen molar-refractivity contribution in [1.29, 1.82) is 0 Å². The molecule has 0 fully saturated rings. The van der Waals surface area contributed by atoms with Crippen LogP contribution in [0.15, 0.2) is 24.3 Å². The lowest BCUT2D eigenvalue weighted by atomic mass is 10.1. The zero-order valence-corrected chi connectivity index (χ0v) is 11.5. The molecule has 0 aliphatic rings. The summed E-state index contributed by atoms with van der Waals surface area (Å²) in [4.78, 5) is 2.49. The summed E-state index contributed by atoms with van der Waals surface area (Å²) in [5.74, 6) is 0. The molecule has 0 radical (unpaired) electrons. The molecule has 0 unspecified atom stereocenters. The van der Waals surface area contributed by atoms with Crippen molar-refractivity contribution >= 4 is 0 Å². The van der Waals surface area contributed by atoms with Gasteiger partial charge in [-0.3, -0.25) is 0 Å². The van der Waals surface area contributed by atoms with E-state index in [1.165, 1.54) is 24.1 Å². The summed E-state index contributed by atoms with van der Waals surface area (Å²) in [6.45, 7) is 12.2. The van der Waals surface area contributed by atoms with Crippen LogP contribution in [0, 0.1) is 6.92 Å². The van der Waals surface area contributed by atoms with Gasteiger partial charge in [-0.15, -0.1) is 0 Å². The molecule has 1 aromatic rings. The maximum atomic E-state index is 3.51. The summed E-state index contributed by atoms with van der Waals surface area (Å²) in [5.41, 5.74) is 2.72. The van der Waals surface area contributed by atoms with E-state index in [1.807, 2.05) is 0 Å². The van der Waals surface area contributed by atoms with Gasteiger partial charge >= 0.3 is 0 Å². The van der Waals surface area contributed by atoms with E-state index in [2.05, 4.69) is 55.3 Å². The van der Waals surface area contributed by atoms with Crippen LogP contribution in [0.3, 0.4) is 0 Å². The van der Waals surface area contributed by atoms with Gasteiger partial charge in [0.05, 0.1) is 0 Å². The van der Waals surface area contributed by atoms with Crippen molar-refractivity contribution in [3.05, 3.63) is 35.4 Å². The van der Waals surface area contributed by atoms with Crippen molar-refractivity contribution in [3.8, 4) is 0 Å². The highest BCUT2D eigenvalue weighted by Crippen LogP contribution is 2.02. The first-order chi connectivity index (χ1) is 8.26. The lowest BCUT2D eigenvalue weighted by Crippen LogP contribution is -2.32. The molecule has 2 heteroatoms. The van der Waals surface area contributed by atoms with Crippen LogP contribution in [0.25, 0.3) is 0 Å². The van der Waals surface area contributed by atoms with Gasteiger partial charge in [-0.25, -0.2) is 0 Å². The Bertz CT molecular complexity index is 310. The first-order valence-corrected chi connectivity index (χ1v) is 6.74. The Hall–Kier alpha value is -0.860. The zero-order valence-electron chi connectivity index (χ0n) is 11.5. The molecular formula is C15H26N2. The molecular weight excluding hydrogens is 208 g/mol. The van der Waals surface area contributed by atoms with Crippen molar-refractivity contribution < 1.29 is 0 Å². The first kappa shape index (κ1) is 14.2. The zero-order chi connectivity index (χ0) is 12.5. The summed E-state index contributed by atoms with van der Waals surface area (Å²) in [6, 6.07) is 8.70. The molecule has 0 atom stereocenters. The minimum atomic E-state index is 0.978. The SMILES string of the molecule is CCCN(CC)CCNCc1cccc(C)c1. The highest BCUT2D eigenvalue weighted by atomic mass is 15.1. The van der Waals surface area contributed by atoms with Crippen molar-refractivity contribution in [3.63, 3.8) is 0 Å². The molecule has 0 heterocycles. The van der Waals surface area contributed by atoms with Crippen molar-refractivity contribution in [1.82, 2.24) is 10.2 Å². The third kappa shape index (κ3) is 5.85. The topological polar surface area (TPSA) is 15.3 Å². The van der Waals surface area contributed by atoms with Crippen LogP contribution in [-0.2, 0) is 6.54 Å². The van der Waals surface area contributed by atoms with Crippen molar-refractivity contribution in [2.75, 3.05) is 26.2 Å². The quantitative estimate of drug-likeness (QED) is 0.696. The van der Waals surface area contributed by atoms with E-state index in [1.54, 1.807) is 0 Å². The molecule has 0 amide bonds. The Morgan fingerprint density at radius 1 is 1.18 bits per heavy atom. The minimum absolute atomic E-state index is 0.978. The van der Waals surface area contributed by atoms with Gasteiger partial charge in [-0.05, 0) is 32.0 Å². The van der Waals surface area contributed by atoms with Crippen LogP contribution < -0.4 is 5.32 Å². The second kappa shape index (κ2) is 8.26. The molecule has 0 saturated carbocycles. The Morgan fingerprint density at radius 3 is 2.65 bits per heavy atom. The van der Waals surface area contributed by atoms with E-state index in [0.29, 0.717) is 0 Å². The molecule has 2 nitrogen and oxygen atoms in total. The number of aryl methyl sites for hydroxylation is 1. The van der Waals surface area contributed by atoms with E-state index in [-0.39, 0.29) is 0 Å². The Balaban J connectivity index is 2.19. The summed E-state index contributed by atoms with van der Waals surface area (Å²) in [5, 5.41) is 3.51. The predicted octanol–water partition coefficient (Wildman–Crippen LogP) is 2.82. The third-order valence-corrected chi connectivity index (χ3v) is 3.00. The second-order valence-electron chi connectivity index (χ2n) is 4.60. The molecule has 0 bridgehead atoms. The van der Waals surface area contributed by atoms with Gasteiger partial charge in [0.25, 0.3) is 0 Å². The highest BCUT2D eigenvalue weighted by molar-refractivity contribution is 5.21. The Kier molecular flexibility index (Phi) is 6.90. The van der Waals surface area contributed by atoms with Gasteiger partial charge in [0.2, 0.25) is 0 Å². The fraction of sp³-hybridized carbons (Fsp3) is 0.600. The van der Waals surface area contributed by atoms with Crippen LogP contribution >= 0.6 is 0 Å².